The molecule has 4 nitrogen and oxygen atoms in total. The number of hydrogen-bond donors (Lipinski definition) is 2. The van der Waals surface area contributed by atoms with E-state index in [0.29, 0.717) is 11.1 Å². The molecule has 0 unspecified atom stereocenters. The van der Waals surface area contributed by atoms with Crippen molar-refractivity contribution in [1.29, 1.82) is 0 Å². The van der Waals surface area contributed by atoms with E-state index in [1.165, 1.54) is 0 Å². The maximum Gasteiger partial charge on any atom is 0.251 e. The molecule has 0 saturated carbocycles. The van der Waals surface area contributed by atoms with E-state index >= 15 is 0 Å². The lowest BCUT2D eigenvalue weighted by Crippen LogP contribution is -2.17. The minimum absolute atomic E-state index is 0.140. The molecule has 0 aliphatic heterocycles. The second-order valence-corrected chi connectivity index (χ2v) is 3.20. The second-order valence-electron chi connectivity index (χ2n) is 3.20. The third-order valence-electron chi connectivity index (χ3n) is 2.33. The predicted octanol–water partition coefficient (Wildman–Crippen LogP) is 1.34. The molecule has 0 bridgehead atoms. The van der Waals surface area contributed by atoms with Crippen molar-refractivity contribution in [3.63, 3.8) is 0 Å². The highest BCUT2D eigenvalue weighted by atomic mass is 16.1. The van der Waals surface area contributed by atoms with Crippen LogP contribution in [0.4, 0.5) is 0 Å². The van der Waals surface area contributed by atoms with Gasteiger partial charge in [-0.05, 0) is 12.1 Å². The van der Waals surface area contributed by atoms with Gasteiger partial charge in [-0.15, -0.1) is 0 Å². The van der Waals surface area contributed by atoms with Gasteiger partial charge in [0.1, 0.15) is 0 Å². The van der Waals surface area contributed by atoms with Crippen LogP contribution < -0.4 is 5.32 Å². The third-order valence-corrected chi connectivity index (χ3v) is 2.33. The van der Waals surface area contributed by atoms with E-state index in [1.807, 2.05) is 0 Å². The van der Waals surface area contributed by atoms with Crippen molar-refractivity contribution in [2.75, 3.05) is 7.05 Å². The maximum absolute atomic E-state index is 11.3. The summed E-state index contributed by atoms with van der Waals surface area (Å²) in [5.41, 5.74) is 1.97. The lowest BCUT2D eigenvalue weighted by molar-refractivity contribution is 0.0963. The van der Waals surface area contributed by atoms with E-state index in [1.54, 1.807) is 31.4 Å². The SMILES string of the molecule is CNC(=O)c1ccc2c(C=O)c[nH]c2c1. The highest BCUT2D eigenvalue weighted by molar-refractivity contribution is 6.02. The summed E-state index contributed by atoms with van der Waals surface area (Å²) in [5.74, 6) is -0.140. The van der Waals surface area contributed by atoms with Crippen molar-refractivity contribution in [1.82, 2.24) is 10.3 Å². The summed E-state index contributed by atoms with van der Waals surface area (Å²) in [6.45, 7) is 0. The summed E-state index contributed by atoms with van der Waals surface area (Å²) in [7, 11) is 1.58. The van der Waals surface area contributed by atoms with Gasteiger partial charge >= 0.3 is 0 Å². The molecule has 0 radical (unpaired) electrons. The number of hydrogen-bond acceptors (Lipinski definition) is 2. The summed E-state index contributed by atoms with van der Waals surface area (Å²) >= 11 is 0. The molecular weight excluding hydrogens is 192 g/mol. The number of aromatic amines is 1. The molecule has 2 rings (SSSR count). The summed E-state index contributed by atoms with van der Waals surface area (Å²) in [4.78, 5) is 24.9. The van der Waals surface area contributed by atoms with E-state index in [0.717, 1.165) is 17.2 Å². The first-order chi connectivity index (χ1) is 7.26. The van der Waals surface area contributed by atoms with Gasteiger partial charge in [-0.2, -0.15) is 0 Å². The lowest BCUT2D eigenvalue weighted by atomic mass is 10.1. The van der Waals surface area contributed by atoms with Crippen LogP contribution in [0.25, 0.3) is 10.9 Å². The number of carbonyl (C=O) groups is 2. The Morgan fingerprint density at radius 1 is 1.47 bits per heavy atom. The van der Waals surface area contributed by atoms with Crippen molar-refractivity contribution >= 4 is 23.1 Å². The van der Waals surface area contributed by atoms with Gasteiger partial charge in [0.2, 0.25) is 0 Å². The van der Waals surface area contributed by atoms with Crippen molar-refractivity contribution in [2.45, 2.75) is 0 Å². The second kappa shape index (κ2) is 3.57. The molecule has 1 amide bonds. The molecule has 1 heterocycles. The highest BCUT2D eigenvalue weighted by Crippen LogP contribution is 2.18. The fraction of sp³-hybridized carbons (Fsp3) is 0.0909. The zero-order valence-corrected chi connectivity index (χ0v) is 8.20. The van der Waals surface area contributed by atoms with Crippen molar-refractivity contribution in [2.24, 2.45) is 0 Å². The molecule has 76 valence electrons. The molecule has 1 aromatic carbocycles. The summed E-state index contributed by atoms with van der Waals surface area (Å²) in [5, 5.41) is 3.38. The molecule has 15 heavy (non-hydrogen) atoms. The highest BCUT2D eigenvalue weighted by Gasteiger charge is 2.07. The smallest absolute Gasteiger partial charge is 0.251 e. The Bertz CT molecular complexity index is 528. The van der Waals surface area contributed by atoms with Crippen LogP contribution in [0.2, 0.25) is 0 Å². The number of amides is 1. The van der Waals surface area contributed by atoms with Crippen LogP contribution in [0.5, 0.6) is 0 Å². The minimum atomic E-state index is -0.140. The molecular formula is C11H10N2O2. The Hall–Kier alpha value is -2.10. The first kappa shape index (κ1) is 9.45. The Kier molecular flexibility index (Phi) is 2.25. The Morgan fingerprint density at radius 3 is 2.93 bits per heavy atom. The molecule has 1 aromatic heterocycles. The van der Waals surface area contributed by atoms with Crippen molar-refractivity contribution < 1.29 is 9.59 Å². The Morgan fingerprint density at radius 2 is 2.27 bits per heavy atom. The van der Waals surface area contributed by atoms with E-state index < -0.39 is 0 Å². The number of benzene rings is 1. The molecule has 0 atom stereocenters. The number of H-pyrrole nitrogens is 1. The number of rotatable bonds is 2. The monoisotopic (exact) mass is 202 g/mol. The van der Waals surface area contributed by atoms with Gasteiger partial charge in [0.15, 0.2) is 6.29 Å². The Balaban J connectivity index is 2.58. The number of aromatic nitrogens is 1. The van der Waals surface area contributed by atoms with Gasteiger partial charge < -0.3 is 10.3 Å². The zero-order valence-electron chi connectivity index (χ0n) is 8.20. The molecule has 0 fully saturated rings. The summed E-state index contributed by atoms with van der Waals surface area (Å²) in [6.07, 6.45) is 2.42. The summed E-state index contributed by atoms with van der Waals surface area (Å²) < 4.78 is 0. The van der Waals surface area contributed by atoms with Crippen molar-refractivity contribution in [3.05, 3.63) is 35.5 Å². The average molecular weight is 202 g/mol. The van der Waals surface area contributed by atoms with Crippen LogP contribution in [0.15, 0.2) is 24.4 Å². The third kappa shape index (κ3) is 1.50. The van der Waals surface area contributed by atoms with E-state index in [-0.39, 0.29) is 5.91 Å². The number of carbonyl (C=O) groups excluding carboxylic acids is 2. The summed E-state index contributed by atoms with van der Waals surface area (Å²) in [6, 6.07) is 5.18. The maximum atomic E-state index is 11.3. The molecule has 4 heteroatoms. The van der Waals surface area contributed by atoms with Gasteiger partial charge in [0.25, 0.3) is 5.91 Å². The topological polar surface area (TPSA) is 62.0 Å². The Labute approximate surface area is 86.3 Å². The molecule has 0 aliphatic carbocycles. The van der Waals surface area contributed by atoms with E-state index in [2.05, 4.69) is 10.3 Å². The first-order valence-electron chi connectivity index (χ1n) is 4.54. The standard InChI is InChI=1S/C11H10N2O2/c1-12-11(15)7-2-3-9-8(6-14)5-13-10(9)4-7/h2-6,13H,1H3,(H,12,15). The predicted molar refractivity (Wildman–Crippen MR) is 57.1 cm³/mol. The van der Waals surface area contributed by atoms with Crippen molar-refractivity contribution in [3.8, 4) is 0 Å². The number of nitrogens with one attached hydrogen (secondary N) is 2. The average Bonchev–Trinajstić information content (AvgIpc) is 2.69. The molecule has 0 spiro atoms. The molecule has 2 aromatic rings. The normalized spacial score (nSPS) is 10.2. The van der Waals surface area contributed by atoms with Gasteiger partial charge in [-0.3, -0.25) is 9.59 Å². The van der Waals surface area contributed by atoms with Gasteiger partial charge in [0, 0.05) is 35.3 Å². The van der Waals surface area contributed by atoms with Crippen LogP contribution in [0.3, 0.4) is 0 Å². The largest absolute Gasteiger partial charge is 0.360 e. The van der Waals surface area contributed by atoms with Crippen LogP contribution in [-0.4, -0.2) is 24.2 Å². The van der Waals surface area contributed by atoms with Crippen LogP contribution in [-0.2, 0) is 0 Å². The zero-order chi connectivity index (χ0) is 10.8. The van der Waals surface area contributed by atoms with Crippen LogP contribution in [0, 0.1) is 0 Å². The minimum Gasteiger partial charge on any atom is -0.360 e. The quantitative estimate of drug-likeness (QED) is 0.722. The van der Waals surface area contributed by atoms with Crippen LogP contribution in [0.1, 0.15) is 20.7 Å². The van der Waals surface area contributed by atoms with Gasteiger partial charge in [-0.25, -0.2) is 0 Å². The number of aldehydes is 1. The van der Waals surface area contributed by atoms with Gasteiger partial charge in [-0.1, -0.05) is 6.07 Å². The van der Waals surface area contributed by atoms with E-state index in [4.69, 9.17) is 0 Å². The molecule has 0 aliphatic rings. The van der Waals surface area contributed by atoms with Crippen LogP contribution >= 0.6 is 0 Å². The molecule has 0 saturated heterocycles. The first-order valence-corrected chi connectivity index (χ1v) is 4.54. The fourth-order valence-corrected chi connectivity index (χ4v) is 1.53. The molecule has 2 N–H and O–H groups in total. The number of fused-ring (bicyclic) bond motifs is 1. The lowest BCUT2D eigenvalue weighted by Gasteiger charge is -1.99. The fourth-order valence-electron chi connectivity index (χ4n) is 1.53. The van der Waals surface area contributed by atoms with Gasteiger partial charge in [0.05, 0.1) is 0 Å². The van der Waals surface area contributed by atoms with E-state index in [9.17, 15) is 9.59 Å².